The van der Waals surface area contributed by atoms with Gasteiger partial charge < -0.3 is 0 Å². The van der Waals surface area contributed by atoms with Crippen LogP contribution < -0.4 is 0 Å². The van der Waals surface area contributed by atoms with Crippen LogP contribution in [0.5, 0.6) is 0 Å². The average molecular weight is 236 g/mol. The van der Waals surface area contributed by atoms with Crippen molar-refractivity contribution >= 4 is 11.3 Å². The zero-order chi connectivity index (χ0) is 12.5. The fraction of sp³-hybridized carbons (Fsp3) is 0.0667. The maximum Gasteiger partial charge on any atom is 0.180 e. The molecule has 0 radical (unpaired) electrons. The molecule has 0 spiro atoms. The zero-order valence-corrected chi connectivity index (χ0v) is 10.00. The van der Waals surface area contributed by atoms with Crippen molar-refractivity contribution in [2.75, 3.05) is 0 Å². The van der Waals surface area contributed by atoms with Gasteiger partial charge in [0.25, 0.3) is 0 Å². The van der Waals surface area contributed by atoms with Crippen molar-refractivity contribution < 1.29 is 4.79 Å². The Labute approximate surface area is 105 Å². The molecule has 0 fully saturated rings. The Hall–Kier alpha value is -2.42. The molecule has 3 heteroatoms. The van der Waals surface area contributed by atoms with Gasteiger partial charge in [0.05, 0.1) is 5.52 Å². The van der Waals surface area contributed by atoms with Crippen LogP contribution in [0.15, 0.2) is 54.7 Å². The first-order valence-electron chi connectivity index (χ1n) is 5.81. The summed E-state index contributed by atoms with van der Waals surface area (Å²) in [5, 5.41) is 0. The summed E-state index contributed by atoms with van der Waals surface area (Å²) in [5.41, 5.74) is 2.38. The lowest BCUT2D eigenvalue weighted by molar-refractivity contribution is 0.101. The highest BCUT2D eigenvalue weighted by Gasteiger charge is 2.14. The van der Waals surface area contributed by atoms with Gasteiger partial charge in [0, 0.05) is 18.7 Å². The first-order valence-corrected chi connectivity index (χ1v) is 5.81. The maximum atomic E-state index is 11.6. The topological polar surface area (TPSA) is 34.4 Å². The number of carbonyl (C=O) groups is 1. The molecule has 0 amide bonds. The van der Waals surface area contributed by atoms with Gasteiger partial charge in [-0.05, 0) is 12.1 Å². The van der Waals surface area contributed by atoms with E-state index in [2.05, 4.69) is 4.98 Å². The Morgan fingerprint density at radius 1 is 1.06 bits per heavy atom. The van der Waals surface area contributed by atoms with Gasteiger partial charge in [-0.1, -0.05) is 36.4 Å². The number of rotatable bonds is 2. The van der Waals surface area contributed by atoms with Crippen LogP contribution in [-0.4, -0.2) is 15.2 Å². The van der Waals surface area contributed by atoms with E-state index in [0.717, 1.165) is 16.9 Å². The molecular weight excluding hydrogens is 224 g/mol. The van der Waals surface area contributed by atoms with Gasteiger partial charge in [-0.15, -0.1) is 0 Å². The van der Waals surface area contributed by atoms with Crippen LogP contribution >= 0.6 is 0 Å². The summed E-state index contributed by atoms with van der Waals surface area (Å²) in [4.78, 5) is 16.1. The third-order valence-electron chi connectivity index (χ3n) is 2.91. The van der Waals surface area contributed by atoms with E-state index in [1.54, 1.807) is 6.92 Å². The first kappa shape index (κ1) is 10.7. The largest absolute Gasteiger partial charge is 0.299 e. The number of pyridine rings is 1. The van der Waals surface area contributed by atoms with Crippen LogP contribution in [0, 0.1) is 0 Å². The molecule has 0 saturated heterocycles. The average Bonchev–Trinajstić information content (AvgIpc) is 2.79. The molecule has 1 aromatic carbocycles. The molecule has 0 bridgehead atoms. The van der Waals surface area contributed by atoms with Crippen LogP contribution in [0.1, 0.15) is 17.4 Å². The number of carbonyl (C=O) groups excluding carboxylic acids is 1. The molecule has 2 aromatic heterocycles. The molecule has 3 aromatic rings. The van der Waals surface area contributed by atoms with E-state index in [9.17, 15) is 4.79 Å². The van der Waals surface area contributed by atoms with Crippen molar-refractivity contribution in [3.63, 3.8) is 0 Å². The lowest BCUT2D eigenvalue weighted by atomic mass is 10.2. The van der Waals surface area contributed by atoms with Crippen molar-refractivity contribution in [2.45, 2.75) is 6.92 Å². The zero-order valence-electron chi connectivity index (χ0n) is 10.00. The number of fused-ring (bicyclic) bond motifs is 1. The van der Waals surface area contributed by atoms with Gasteiger partial charge >= 0.3 is 0 Å². The normalized spacial score (nSPS) is 10.7. The summed E-state index contributed by atoms with van der Waals surface area (Å²) >= 11 is 0. The maximum absolute atomic E-state index is 11.6. The number of benzene rings is 1. The van der Waals surface area contributed by atoms with Crippen molar-refractivity contribution in [2.24, 2.45) is 0 Å². The molecule has 0 aliphatic carbocycles. The minimum atomic E-state index is -0.0131. The summed E-state index contributed by atoms with van der Waals surface area (Å²) in [6, 6.07) is 15.6. The second-order valence-electron chi connectivity index (χ2n) is 4.16. The van der Waals surface area contributed by atoms with Crippen LogP contribution in [-0.2, 0) is 0 Å². The van der Waals surface area contributed by atoms with E-state index in [4.69, 9.17) is 0 Å². The SMILES string of the molecule is CC(=O)c1nc(-c2ccccc2)n2ccccc12. The molecule has 0 aliphatic heterocycles. The summed E-state index contributed by atoms with van der Waals surface area (Å²) in [7, 11) is 0. The lowest BCUT2D eigenvalue weighted by Crippen LogP contribution is -1.92. The van der Waals surface area contributed by atoms with Gasteiger partial charge in [0.2, 0.25) is 0 Å². The Kier molecular flexibility index (Phi) is 2.45. The molecule has 2 heterocycles. The summed E-state index contributed by atoms with van der Waals surface area (Å²) in [6.45, 7) is 1.55. The van der Waals surface area contributed by atoms with E-state index in [1.807, 2.05) is 59.1 Å². The van der Waals surface area contributed by atoms with Gasteiger partial charge in [0.15, 0.2) is 5.78 Å². The Morgan fingerprint density at radius 3 is 2.50 bits per heavy atom. The Balaban J connectivity index is 2.34. The highest BCUT2D eigenvalue weighted by Crippen LogP contribution is 2.22. The van der Waals surface area contributed by atoms with E-state index >= 15 is 0 Å². The molecule has 0 saturated carbocycles. The molecule has 3 rings (SSSR count). The number of nitrogens with zero attached hydrogens (tertiary/aromatic N) is 2. The molecule has 3 nitrogen and oxygen atoms in total. The quantitative estimate of drug-likeness (QED) is 0.640. The van der Waals surface area contributed by atoms with E-state index in [0.29, 0.717) is 5.69 Å². The molecule has 0 atom stereocenters. The molecule has 0 N–H and O–H groups in total. The number of ketones is 1. The predicted octanol–water partition coefficient (Wildman–Crippen LogP) is 3.20. The minimum absolute atomic E-state index is 0.0131. The van der Waals surface area contributed by atoms with Crippen LogP contribution in [0.4, 0.5) is 0 Å². The molecule has 0 unspecified atom stereocenters. The van der Waals surface area contributed by atoms with Crippen molar-refractivity contribution in [3.8, 4) is 11.4 Å². The summed E-state index contributed by atoms with van der Waals surface area (Å²) in [5.74, 6) is 0.789. The highest BCUT2D eigenvalue weighted by atomic mass is 16.1. The Bertz CT molecular complexity index is 714. The van der Waals surface area contributed by atoms with Gasteiger partial charge in [-0.3, -0.25) is 9.20 Å². The van der Waals surface area contributed by atoms with Gasteiger partial charge in [-0.2, -0.15) is 0 Å². The monoisotopic (exact) mass is 236 g/mol. The third kappa shape index (κ3) is 1.61. The van der Waals surface area contributed by atoms with Crippen LogP contribution in [0.3, 0.4) is 0 Å². The minimum Gasteiger partial charge on any atom is -0.299 e. The fourth-order valence-electron chi connectivity index (χ4n) is 2.09. The third-order valence-corrected chi connectivity index (χ3v) is 2.91. The number of aromatic nitrogens is 2. The van der Waals surface area contributed by atoms with Crippen molar-refractivity contribution in [3.05, 3.63) is 60.4 Å². The second-order valence-corrected chi connectivity index (χ2v) is 4.16. The standard InChI is InChI=1S/C15H12N2O/c1-11(18)14-13-9-5-6-10-17(13)15(16-14)12-7-3-2-4-8-12/h2-10H,1H3. The molecule has 0 aliphatic rings. The summed E-state index contributed by atoms with van der Waals surface area (Å²) in [6.07, 6.45) is 1.93. The van der Waals surface area contributed by atoms with Crippen LogP contribution in [0.2, 0.25) is 0 Å². The highest BCUT2D eigenvalue weighted by molar-refractivity contribution is 5.99. The van der Waals surface area contributed by atoms with Crippen LogP contribution in [0.25, 0.3) is 16.9 Å². The Morgan fingerprint density at radius 2 is 1.78 bits per heavy atom. The first-order chi connectivity index (χ1) is 8.77. The number of imidazole rings is 1. The molecule has 18 heavy (non-hydrogen) atoms. The molecule has 88 valence electrons. The lowest BCUT2D eigenvalue weighted by Gasteiger charge is -1.99. The number of Topliss-reactive ketones (excluding diaryl/α,β-unsaturated/α-hetero) is 1. The number of hydrogen-bond acceptors (Lipinski definition) is 2. The van der Waals surface area contributed by atoms with E-state index in [-0.39, 0.29) is 5.78 Å². The number of hydrogen-bond donors (Lipinski definition) is 0. The van der Waals surface area contributed by atoms with E-state index in [1.165, 1.54) is 0 Å². The second kappa shape index (κ2) is 4.11. The van der Waals surface area contributed by atoms with Crippen molar-refractivity contribution in [1.29, 1.82) is 0 Å². The summed E-state index contributed by atoms with van der Waals surface area (Å²) < 4.78 is 1.95. The molecular formula is C15H12N2O. The van der Waals surface area contributed by atoms with Gasteiger partial charge in [-0.25, -0.2) is 4.98 Å². The van der Waals surface area contributed by atoms with Gasteiger partial charge in [0.1, 0.15) is 11.5 Å². The smallest absolute Gasteiger partial charge is 0.180 e. The predicted molar refractivity (Wildman–Crippen MR) is 70.6 cm³/mol. The fourth-order valence-corrected chi connectivity index (χ4v) is 2.09. The van der Waals surface area contributed by atoms with E-state index < -0.39 is 0 Å². The van der Waals surface area contributed by atoms with Crippen molar-refractivity contribution in [1.82, 2.24) is 9.38 Å².